The second-order valence-electron chi connectivity index (χ2n) is 4.13. The topological polar surface area (TPSA) is 92.2 Å². The van der Waals surface area contributed by atoms with Gasteiger partial charge in [-0.3, -0.25) is 9.59 Å². The van der Waals surface area contributed by atoms with Crippen LogP contribution in [0.25, 0.3) is 0 Å². The van der Waals surface area contributed by atoms with Crippen LogP contribution in [0.2, 0.25) is 0 Å². The van der Waals surface area contributed by atoms with Crippen molar-refractivity contribution in [1.82, 2.24) is 9.97 Å². The standard InChI is InChI=1S/C14H13N3O3/c18-13(19)6-5-10-3-1-2-4-12(10)17-14(20)11-7-15-9-16-8-11/h1-4,7-9H,5-6H2,(H,17,20)(H,18,19). The van der Waals surface area contributed by atoms with Crippen molar-refractivity contribution in [3.63, 3.8) is 0 Å². The third kappa shape index (κ3) is 3.61. The number of rotatable bonds is 5. The van der Waals surface area contributed by atoms with Gasteiger partial charge in [-0.2, -0.15) is 0 Å². The SMILES string of the molecule is O=C(O)CCc1ccccc1NC(=O)c1cncnc1. The number of hydrogen-bond donors (Lipinski definition) is 2. The van der Waals surface area contributed by atoms with Gasteiger partial charge in [0.15, 0.2) is 0 Å². The summed E-state index contributed by atoms with van der Waals surface area (Å²) in [6.07, 6.45) is 4.56. The number of benzene rings is 1. The number of aromatic nitrogens is 2. The molecule has 0 unspecified atom stereocenters. The van der Waals surface area contributed by atoms with Crippen molar-refractivity contribution in [1.29, 1.82) is 0 Å². The van der Waals surface area contributed by atoms with E-state index < -0.39 is 5.97 Å². The lowest BCUT2D eigenvalue weighted by Gasteiger charge is -2.10. The fraction of sp³-hybridized carbons (Fsp3) is 0.143. The fourth-order valence-electron chi connectivity index (χ4n) is 1.71. The molecule has 102 valence electrons. The van der Waals surface area contributed by atoms with Crippen LogP contribution in [0.4, 0.5) is 5.69 Å². The van der Waals surface area contributed by atoms with E-state index in [1.54, 1.807) is 24.3 Å². The van der Waals surface area contributed by atoms with E-state index in [0.29, 0.717) is 17.7 Å². The summed E-state index contributed by atoms with van der Waals surface area (Å²) in [5.41, 5.74) is 1.73. The average molecular weight is 271 g/mol. The number of anilines is 1. The molecule has 1 aromatic heterocycles. The van der Waals surface area contributed by atoms with Crippen molar-refractivity contribution < 1.29 is 14.7 Å². The van der Waals surface area contributed by atoms with Crippen LogP contribution in [-0.2, 0) is 11.2 Å². The number of nitrogens with zero attached hydrogens (tertiary/aromatic N) is 2. The molecule has 0 aliphatic carbocycles. The monoisotopic (exact) mass is 271 g/mol. The van der Waals surface area contributed by atoms with Gasteiger partial charge in [-0.25, -0.2) is 9.97 Å². The highest BCUT2D eigenvalue weighted by Gasteiger charge is 2.10. The number of carboxylic acids is 1. The molecule has 0 saturated heterocycles. The molecule has 0 aliphatic heterocycles. The van der Waals surface area contributed by atoms with Crippen LogP contribution < -0.4 is 5.32 Å². The van der Waals surface area contributed by atoms with Crippen molar-refractivity contribution in [3.8, 4) is 0 Å². The molecule has 0 saturated carbocycles. The molecule has 2 N–H and O–H groups in total. The van der Waals surface area contributed by atoms with Gasteiger partial charge < -0.3 is 10.4 Å². The summed E-state index contributed by atoms with van der Waals surface area (Å²) in [4.78, 5) is 30.2. The predicted octanol–water partition coefficient (Wildman–Crippen LogP) is 1.75. The molecule has 1 amide bonds. The molecule has 0 aliphatic rings. The van der Waals surface area contributed by atoms with Gasteiger partial charge in [0.1, 0.15) is 6.33 Å². The van der Waals surface area contributed by atoms with Gasteiger partial charge in [-0.15, -0.1) is 0 Å². The van der Waals surface area contributed by atoms with E-state index in [1.165, 1.54) is 18.7 Å². The second-order valence-corrected chi connectivity index (χ2v) is 4.13. The van der Waals surface area contributed by atoms with Gasteiger partial charge in [0.2, 0.25) is 0 Å². The van der Waals surface area contributed by atoms with E-state index in [0.717, 1.165) is 5.56 Å². The van der Waals surface area contributed by atoms with Gasteiger partial charge in [0.05, 0.1) is 5.56 Å². The third-order valence-corrected chi connectivity index (χ3v) is 2.70. The number of aryl methyl sites for hydroxylation is 1. The molecular formula is C14H13N3O3. The van der Waals surface area contributed by atoms with Crippen molar-refractivity contribution >= 4 is 17.6 Å². The zero-order valence-corrected chi connectivity index (χ0v) is 10.6. The maximum Gasteiger partial charge on any atom is 0.303 e. The Balaban J connectivity index is 2.13. The Kier molecular flexibility index (Phi) is 4.39. The number of nitrogens with one attached hydrogen (secondary N) is 1. The number of carbonyl (C=O) groups excluding carboxylic acids is 1. The number of amides is 1. The van der Waals surface area contributed by atoms with Gasteiger partial charge in [-0.05, 0) is 18.1 Å². The van der Waals surface area contributed by atoms with E-state index in [1.807, 2.05) is 0 Å². The average Bonchev–Trinajstić information content (AvgIpc) is 2.47. The first-order valence-corrected chi connectivity index (χ1v) is 6.03. The number of aliphatic carboxylic acids is 1. The van der Waals surface area contributed by atoms with E-state index >= 15 is 0 Å². The first-order chi connectivity index (χ1) is 9.66. The minimum absolute atomic E-state index is 0.0152. The zero-order chi connectivity index (χ0) is 14.4. The number of carbonyl (C=O) groups is 2. The molecule has 0 atom stereocenters. The summed E-state index contributed by atoms with van der Waals surface area (Å²) in [6, 6.07) is 7.11. The Bertz CT molecular complexity index is 614. The molecule has 2 rings (SSSR count). The fourth-order valence-corrected chi connectivity index (χ4v) is 1.71. The smallest absolute Gasteiger partial charge is 0.303 e. The molecule has 1 heterocycles. The van der Waals surface area contributed by atoms with Crippen LogP contribution in [0.5, 0.6) is 0 Å². The molecule has 0 radical (unpaired) electrons. The van der Waals surface area contributed by atoms with Crippen molar-refractivity contribution in [3.05, 3.63) is 54.1 Å². The number of carboxylic acid groups (broad SMARTS) is 1. The summed E-state index contributed by atoms with van der Waals surface area (Å²) < 4.78 is 0. The van der Waals surface area contributed by atoms with Crippen LogP contribution in [-0.4, -0.2) is 27.0 Å². The molecule has 0 bridgehead atoms. The minimum Gasteiger partial charge on any atom is -0.481 e. The maximum absolute atomic E-state index is 12.0. The Hall–Kier alpha value is -2.76. The summed E-state index contributed by atoms with van der Waals surface area (Å²) in [5, 5.41) is 11.5. The van der Waals surface area contributed by atoms with Crippen molar-refractivity contribution in [2.24, 2.45) is 0 Å². The lowest BCUT2D eigenvalue weighted by Crippen LogP contribution is -2.14. The maximum atomic E-state index is 12.0. The van der Waals surface area contributed by atoms with Crippen molar-refractivity contribution in [2.75, 3.05) is 5.32 Å². The summed E-state index contributed by atoms with van der Waals surface area (Å²) >= 11 is 0. The van der Waals surface area contributed by atoms with E-state index in [2.05, 4.69) is 15.3 Å². The lowest BCUT2D eigenvalue weighted by atomic mass is 10.1. The molecule has 2 aromatic rings. The van der Waals surface area contributed by atoms with Gasteiger partial charge >= 0.3 is 5.97 Å². The van der Waals surface area contributed by atoms with Gasteiger partial charge in [0, 0.05) is 24.5 Å². The van der Waals surface area contributed by atoms with Crippen LogP contribution in [0.1, 0.15) is 22.3 Å². The third-order valence-electron chi connectivity index (χ3n) is 2.70. The number of para-hydroxylation sites is 1. The quantitative estimate of drug-likeness (QED) is 0.864. The predicted molar refractivity (Wildman–Crippen MR) is 72.4 cm³/mol. The van der Waals surface area contributed by atoms with Crippen LogP contribution >= 0.6 is 0 Å². The van der Waals surface area contributed by atoms with Crippen LogP contribution in [0.15, 0.2) is 43.0 Å². The Morgan fingerprint density at radius 1 is 1.15 bits per heavy atom. The summed E-state index contributed by atoms with van der Waals surface area (Å²) in [5.74, 6) is -1.20. The molecule has 0 spiro atoms. The zero-order valence-electron chi connectivity index (χ0n) is 10.6. The largest absolute Gasteiger partial charge is 0.481 e. The first kappa shape index (κ1) is 13.7. The van der Waals surface area contributed by atoms with Gasteiger partial charge in [-0.1, -0.05) is 18.2 Å². The normalized spacial score (nSPS) is 10.0. The van der Waals surface area contributed by atoms with Gasteiger partial charge in [0.25, 0.3) is 5.91 Å². The lowest BCUT2D eigenvalue weighted by molar-refractivity contribution is -0.136. The highest BCUT2D eigenvalue weighted by atomic mass is 16.4. The van der Waals surface area contributed by atoms with Crippen LogP contribution in [0, 0.1) is 0 Å². The van der Waals surface area contributed by atoms with Crippen molar-refractivity contribution in [2.45, 2.75) is 12.8 Å². The number of hydrogen-bond acceptors (Lipinski definition) is 4. The van der Waals surface area contributed by atoms with E-state index in [9.17, 15) is 9.59 Å². The Morgan fingerprint density at radius 2 is 1.85 bits per heavy atom. The molecule has 0 fully saturated rings. The minimum atomic E-state index is -0.873. The van der Waals surface area contributed by atoms with E-state index in [-0.39, 0.29) is 12.3 Å². The molecule has 20 heavy (non-hydrogen) atoms. The molecule has 6 heteroatoms. The second kappa shape index (κ2) is 6.42. The first-order valence-electron chi connectivity index (χ1n) is 6.03. The molecular weight excluding hydrogens is 258 g/mol. The highest BCUT2D eigenvalue weighted by Crippen LogP contribution is 2.17. The highest BCUT2D eigenvalue weighted by molar-refractivity contribution is 6.04. The Morgan fingerprint density at radius 3 is 2.55 bits per heavy atom. The molecule has 1 aromatic carbocycles. The summed E-state index contributed by atoms with van der Waals surface area (Å²) in [6.45, 7) is 0. The van der Waals surface area contributed by atoms with Crippen LogP contribution in [0.3, 0.4) is 0 Å². The Labute approximate surface area is 115 Å². The molecule has 6 nitrogen and oxygen atoms in total. The van der Waals surface area contributed by atoms with E-state index in [4.69, 9.17) is 5.11 Å². The summed E-state index contributed by atoms with van der Waals surface area (Å²) in [7, 11) is 0.